The van der Waals surface area contributed by atoms with Crippen LogP contribution in [0.3, 0.4) is 0 Å². The molecule has 4 nitrogen and oxygen atoms in total. The van der Waals surface area contributed by atoms with Gasteiger partial charge < -0.3 is 0 Å². The summed E-state index contributed by atoms with van der Waals surface area (Å²) in [5.74, 6) is 0. The van der Waals surface area contributed by atoms with E-state index in [0.717, 1.165) is 31.4 Å². The molecule has 0 N–H and O–H groups in total. The summed E-state index contributed by atoms with van der Waals surface area (Å²) < 4.78 is 3.23. The summed E-state index contributed by atoms with van der Waals surface area (Å²) >= 11 is 0. The molecular weight excluding hydrogens is 192 g/mol. The van der Waals surface area contributed by atoms with Crippen molar-refractivity contribution in [2.45, 2.75) is 44.7 Å². The second-order valence-corrected chi connectivity index (χ2v) is 4.61. The van der Waals surface area contributed by atoms with E-state index in [1.54, 1.807) is 10.6 Å². The summed E-state index contributed by atoms with van der Waals surface area (Å²) in [6.45, 7) is 1.85. The molecule has 0 unspecified atom stereocenters. The van der Waals surface area contributed by atoms with Gasteiger partial charge in [0.1, 0.15) is 0 Å². The van der Waals surface area contributed by atoms with Gasteiger partial charge >= 0.3 is 5.69 Å². The Bertz CT molecular complexity index is 518. The lowest BCUT2D eigenvalue weighted by Gasteiger charge is -2.11. The average molecular weight is 206 g/mol. The van der Waals surface area contributed by atoms with Crippen LogP contribution in [0, 0.1) is 6.92 Å². The molecule has 0 saturated heterocycles. The Morgan fingerprint density at radius 2 is 1.60 bits per heavy atom. The lowest BCUT2D eigenvalue weighted by molar-refractivity contribution is 0.557. The van der Waals surface area contributed by atoms with E-state index in [4.69, 9.17) is 0 Å². The van der Waals surface area contributed by atoms with Crippen molar-refractivity contribution < 1.29 is 0 Å². The minimum atomic E-state index is -0.128. The Hall–Kier alpha value is -1.32. The van der Waals surface area contributed by atoms with Crippen molar-refractivity contribution in [1.29, 1.82) is 0 Å². The van der Waals surface area contributed by atoms with Crippen LogP contribution in [0.5, 0.6) is 0 Å². The monoisotopic (exact) mass is 206 g/mol. The topological polar surface area (TPSA) is 44.0 Å². The number of nitrogens with zero attached hydrogens (tertiary/aromatic N) is 2. The third-order valence-corrected chi connectivity index (χ3v) is 3.19. The zero-order valence-electron chi connectivity index (χ0n) is 8.77. The molecule has 0 amide bonds. The number of hydrogen-bond donors (Lipinski definition) is 0. The van der Waals surface area contributed by atoms with Gasteiger partial charge in [-0.15, -0.1) is 0 Å². The van der Waals surface area contributed by atoms with Crippen LogP contribution in [-0.4, -0.2) is 9.13 Å². The molecule has 2 saturated carbocycles. The highest BCUT2D eigenvalue weighted by Crippen LogP contribution is 2.35. The van der Waals surface area contributed by atoms with Crippen molar-refractivity contribution in [3.05, 3.63) is 32.6 Å². The van der Waals surface area contributed by atoms with Crippen molar-refractivity contribution in [2.24, 2.45) is 0 Å². The van der Waals surface area contributed by atoms with Gasteiger partial charge in [0.25, 0.3) is 5.56 Å². The highest BCUT2D eigenvalue weighted by molar-refractivity contribution is 5.06. The standard InChI is InChI=1S/C11H14N2O2/c1-7-6-10(14)13(9-4-5-9)11(15)12(7)8-2-3-8/h6,8-9H,2-5H2,1H3. The van der Waals surface area contributed by atoms with E-state index in [-0.39, 0.29) is 17.3 Å². The molecule has 0 bridgehead atoms. The predicted octanol–water partition coefficient (Wildman–Crippen LogP) is 0.988. The fourth-order valence-corrected chi connectivity index (χ4v) is 2.12. The highest BCUT2D eigenvalue weighted by atomic mass is 16.2. The maximum absolute atomic E-state index is 12.1. The molecule has 2 fully saturated rings. The van der Waals surface area contributed by atoms with Crippen LogP contribution in [0.25, 0.3) is 0 Å². The fraction of sp³-hybridized carbons (Fsp3) is 0.636. The Balaban J connectivity index is 2.26. The largest absolute Gasteiger partial charge is 0.331 e. The van der Waals surface area contributed by atoms with Crippen molar-refractivity contribution in [1.82, 2.24) is 9.13 Å². The minimum absolute atomic E-state index is 0.0926. The molecule has 2 aliphatic carbocycles. The lowest BCUT2D eigenvalue weighted by Crippen LogP contribution is -2.39. The molecule has 0 atom stereocenters. The van der Waals surface area contributed by atoms with E-state index < -0.39 is 0 Å². The molecule has 4 heteroatoms. The second kappa shape index (κ2) is 2.84. The van der Waals surface area contributed by atoms with Gasteiger partial charge in [-0.3, -0.25) is 13.9 Å². The van der Waals surface area contributed by atoms with Crippen LogP contribution in [-0.2, 0) is 0 Å². The molecule has 3 rings (SSSR count). The van der Waals surface area contributed by atoms with Gasteiger partial charge in [0, 0.05) is 23.8 Å². The maximum atomic E-state index is 12.1. The van der Waals surface area contributed by atoms with Crippen LogP contribution >= 0.6 is 0 Å². The third-order valence-electron chi connectivity index (χ3n) is 3.19. The molecule has 0 spiro atoms. The van der Waals surface area contributed by atoms with Gasteiger partial charge in [0.2, 0.25) is 0 Å². The summed E-state index contributed by atoms with van der Waals surface area (Å²) in [4.78, 5) is 23.8. The van der Waals surface area contributed by atoms with E-state index in [2.05, 4.69) is 0 Å². The van der Waals surface area contributed by atoms with Gasteiger partial charge in [-0.05, 0) is 32.6 Å². The molecule has 0 aliphatic heterocycles. The summed E-state index contributed by atoms with van der Waals surface area (Å²) in [5.41, 5.74) is 0.589. The molecule has 2 aliphatic rings. The first-order valence-electron chi connectivity index (χ1n) is 5.53. The number of hydrogen-bond acceptors (Lipinski definition) is 2. The summed E-state index contributed by atoms with van der Waals surface area (Å²) in [6, 6.07) is 2.12. The van der Waals surface area contributed by atoms with E-state index >= 15 is 0 Å². The Labute approximate surface area is 87.2 Å². The summed E-state index contributed by atoms with van der Waals surface area (Å²) in [6.07, 6.45) is 4.10. The smallest absolute Gasteiger partial charge is 0.295 e. The van der Waals surface area contributed by atoms with Crippen LogP contribution in [0.15, 0.2) is 15.7 Å². The first kappa shape index (κ1) is 8.95. The number of aromatic nitrogens is 2. The summed E-state index contributed by atoms with van der Waals surface area (Å²) in [7, 11) is 0. The van der Waals surface area contributed by atoms with Crippen LogP contribution in [0.2, 0.25) is 0 Å². The Kier molecular flexibility index (Phi) is 1.69. The van der Waals surface area contributed by atoms with Gasteiger partial charge in [-0.2, -0.15) is 0 Å². The van der Waals surface area contributed by atoms with Crippen molar-refractivity contribution in [3.63, 3.8) is 0 Å². The van der Waals surface area contributed by atoms with Crippen molar-refractivity contribution in [2.75, 3.05) is 0 Å². The predicted molar refractivity (Wildman–Crippen MR) is 56.2 cm³/mol. The highest BCUT2D eigenvalue weighted by Gasteiger charge is 2.31. The fourth-order valence-electron chi connectivity index (χ4n) is 2.12. The van der Waals surface area contributed by atoms with E-state index in [1.165, 1.54) is 4.57 Å². The Morgan fingerprint density at radius 1 is 1.07 bits per heavy atom. The van der Waals surface area contributed by atoms with E-state index in [9.17, 15) is 9.59 Å². The first-order chi connectivity index (χ1) is 7.18. The normalized spacial score (nSPS) is 20.6. The molecule has 0 aromatic carbocycles. The molecule has 15 heavy (non-hydrogen) atoms. The van der Waals surface area contributed by atoms with Gasteiger partial charge in [0.05, 0.1) is 0 Å². The number of rotatable bonds is 2. The zero-order valence-corrected chi connectivity index (χ0v) is 8.77. The van der Waals surface area contributed by atoms with Gasteiger partial charge in [0.15, 0.2) is 0 Å². The van der Waals surface area contributed by atoms with Crippen LogP contribution < -0.4 is 11.2 Å². The summed E-state index contributed by atoms with van der Waals surface area (Å²) in [5, 5.41) is 0. The quantitative estimate of drug-likeness (QED) is 0.724. The zero-order chi connectivity index (χ0) is 10.6. The molecule has 0 radical (unpaired) electrons. The average Bonchev–Trinajstić information content (AvgIpc) is 2.97. The third kappa shape index (κ3) is 1.35. The van der Waals surface area contributed by atoms with Gasteiger partial charge in [-0.1, -0.05) is 0 Å². The molecule has 1 heterocycles. The van der Waals surface area contributed by atoms with Crippen molar-refractivity contribution >= 4 is 0 Å². The van der Waals surface area contributed by atoms with Crippen LogP contribution in [0.1, 0.15) is 43.5 Å². The SMILES string of the molecule is Cc1cc(=O)n(C2CC2)c(=O)n1C1CC1. The first-order valence-corrected chi connectivity index (χ1v) is 5.53. The molecule has 80 valence electrons. The molecular formula is C11H14N2O2. The lowest BCUT2D eigenvalue weighted by atomic mass is 10.4. The number of aryl methyl sites for hydroxylation is 1. The van der Waals surface area contributed by atoms with Gasteiger partial charge in [-0.25, -0.2) is 4.79 Å². The second-order valence-electron chi connectivity index (χ2n) is 4.61. The van der Waals surface area contributed by atoms with Crippen LogP contribution in [0.4, 0.5) is 0 Å². The van der Waals surface area contributed by atoms with Crippen molar-refractivity contribution in [3.8, 4) is 0 Å². The minimum Gasteiger partial charge on any atom is -0.295 e. The Morgan fingerprint density at radius 3 is 2.13 bits per heavy atom. The van der Waals surface area contributed by atoms with E-state index in [0.29, 0.717) is 6.04 Å². The van der Waals surface area contributed by atoms with E-state index in [1.807, 2.05) is 6.92 Å². The molecule has 1 aromatic rings. The maximum Gasteiger partial charge on any atom is 0.331 e. The molecule has 1 aromatic heterocycles.